The highest BCUT2D eigenvalue weighted by Crippen LogP contribution is 2.29. The van der Waals surface area contributed by atoms with E-state index >= 15 is 0 Å². The van der Waals surface area contributed by atoms with E-state index in [9.17, 15) is 4.79 Å². The molecule has 0 spiro atoms. The minimum atomic E-state index is -0.623. The van der Waals surface area contributed by atoms with E-state index in [0.717, 1.165) is 5.56 Å². The summed E-state index contributed by atoms with van der Waals surface area (Å²) in [6.07, 6.45) is 0.675. The van der Waals surface area contributed by atoms with Crippen LogP contribution in [0.4, 0.5) is 4.79 Å². The van der Waals surface area contributed by atoms with Crippen LogP contribution >= 0.6 is 0 Å². The van der Waals surface area contributed by atoms with E-state index in [-0.39, 0.29) is 6.03 Å². The minimum absolute atomic E-state index is 0.291. The highest BCUT2D eigenvalue weighted by molar-refractivity contribution is 6.05. The van der Waals surface area contributed by atoms with Crippen molar-refractivity contribution in [1.29, 1.82) is 0 Å². The fourth-order valence-electron chi connectivity index (χ4n) is 2.44. The van der Waals surface area contributed by atoms with Gasteiger partial charge in [0.1, 0.15) is 11.4 Å². The van der Waals surface area contributed by atoms with Crippen LogP contribution in [0.2, 0.25) is 0 Å². The van der Waals surface area contributed by atoms with Crippen LogP contribution in [0.5, 0.6) is 0 Å². The lowest BCUT2D eigenvalue weighted by molar-refractivity contribution is 0.0767. The van der Waals surface area contributed by atoms with Crippen LogP contribution < -0.4 is 5.73 Å². The summed E-state index contributed by atoms with van der Waals surface area (Å²) < 4.78 is 5.25. The highest BCUT2D eigenvalue weighted by Gasteiger charge is 2.47. The second-order valence-corrected chi connectivity index (χ2v) is 4.67. The van der Waals surface area contributed by atoms with Crippen molar-refractivity contribution in [2.45, 2.75) is 25.4 Å². The monoisotopic (exact) mass is 261 g/mol. The number of aliphatic imine (C=N–C) groups is 1. The smallest absolute Gasteiger partial charge is 0.346 e. The van der Waals surface area contributed by atoms with Gasteiger partial charge in [0, 0.05) is 13.7 Å². The van der Waals surface area contributed by atoms with Gasteiger partial charge in [-0.25, -0.2) is 4.79 Å². The lowest BCUT2D eigenvalue weighted by Gasteiger charge is -2.36. The summed E-state index contributed by atoms with van der Waals surface area (Å²) in [5, 5.41) is 0. The summed E-state index contributed by atoms with van der Waals surface area (Å²) in [7, 11) is 1.61. The van der Waals surface area contributed by atoms with E-state index in [0.29, 0.717) is 25.4 Å². The normalized spacial score (nSPS) is 22.7. The molecule has 0 saturated carbocycles. The van der Waals surface area contributed by atoms with Crippen LogP contribution in [0.15, 0.2) is 35.3 Å². The number of methoxy groups -OCH3 is 1. The Hall–Kier alpha value is -1.88. The fourth-order valence-corrected chi connectivity index (χ4v) is 2.44. The van der Waals surface area contributed by atoms with E-state index in [4.69, 9.17) is 10.5 Å². The van der Waals surface area contributed by atoms with Crippen molar-refractivity contribution >= 4 is 11.9 Å². The van der Waals surface area contributed by atoms with Crippen molar-refractivity contribution in [1.82, 2.24) is 4.90 Å². The number of urea groups is 1. The standard InChI is InChI=1S/C14H19N3O2/c1-3-14(10-19-2)12(15)16-13(18)17(14)9-11-7-5-4-6-8-11/h4-8H,3,9-10H2,1-2H3,(H2,15,16,18). The highest BCUT2D eigenvalue weighted by atomic mass is 16.5. The molecule has 2 rings (SSSR count). The fraction of sp³-hybridized carbons (Fsp3) is 0.429. The summed E-state index contributed by atoms with van der Waals surface area (Å²) in [6, 6.07) is 9.51. The molecule has 0 aliphatic carbocycles. The number of rotatable bonds is 5. The Morgan fingerprint density at radius 3 is 2.63 bits per heavy atom. The van der Waals surface area contributed by atoms with Crippen LogP contribution in [-0.2, 0) is 11.3 Å². The molecular weight excluding hydrogens is 242 g/mol. The summed E-state index contributed by atoms with van der Waals surface area (Å²) in [6.45, 7) is 2.83. The van der Waals surface area contributed by atoms with Gasteiger partial charge in [-0.05, 0) is 12.0 Å². The number of amides is 2. The van der Waals surface area contributed by atoms with Crippen LogP contribution in [0, 0.1) is 0 Å². The van der Waals surface area contributed by atoms with Crippen LogP contribution in [0.3, 0.4) is 0 Å². The second-order valence-electron chi connectivity index (χ2n) is 4.67. The van der Waals surface area contributed by atoms with Crippen LogP contribution in [0.25, 0.3) is 0 Å². The van der Waals surface area contributed by atoms with Crippen molar-refractivity contribution in [3.8, 4) is 0 Å². The third kappa shape index (κ3) is 2.33. The third-order valence-corrected chi connectivity index (χ3v) is 3.59. The Bertz CT molecular complexity index is 487. The summed E-state index contributed by atoms with van der Waals surface area (Å²) >= 11 is 0. The summed E-state index contributed by atoms with van der Waals surface area (Å²) in [5.41, 5.74) is 6.38. The number of hydrogen-bond donors (Lipinski definition) is 1. The van der Waals surface area contributed by atoms with Gasteiger partial charge in [-0.2, -0.15) is 4.99 Å². The number of nitrogens with zero attached hydrogens (tertiary/aromatic N) is 2. The molecular formula is C14H19N3O2. The second kappa shape index (κ2) is 5.40. The van der Waals surface area contributed by atoms with Crippen molar-refractivity contribution in [2.24, 2.45) is 10.7 Å². The molecule has 1 aliphatic heterocycles. The molecule has 1 aliphatic rings. The molecule has 2 amide bonds. The largest absolute Gasteiger partial charge is 0.385 e. The molecule has 5 heteroatoms. The molecule has 0 radical (unpaired) electrons. The molecule has 5 nitrogen and oxygen atoms in total. The Labute approximate surface area is 113 Å². The van der Waals surface area contributed by atoms with Gasteiger partial charge in [0.25, 0.3) is 0 Å². The maximum atomic E-state index is 12.0. The predicted octanol–water partition coefficient (Wildman–Crippen LogP) is 1.77. The molecule has 1 aromatic rings. The van der Waals surface area contributed by atoms with Gasteiger partial charge in [-0.15, -0.1) is 0 Å². The number of carbonyl (C=O) groups excluding carboxylic acids is 1. The lowest BCUT2D eigenvalue weighted by Crippen LogP contribution is -2.56. The predicted molar refractivity (Wildman–Crippen MR) is 73.9 cm³/mol. The van der Waals surface area contributed by atoms with E-state index < -0.39 is 5.54 Å². The van der Waals surface area contributed by atoms with Gasteiger partial charge < -0.3 is 15.4 Å². The SMILES string of the molecule is CCC1(COC)C(N)=NC(=O)N1Cc1ccccc1. The maximum Gasteiger partial charge on any atom is 0.346 e. The third-order valence-electron chi connectivity index (χ3n) is 3.59. The molecule has 102 valence electrons. The number of amidine groups is 1. The zero-order valence-electron chi connectivity index (χ0n) is 11.3. The Kier molecular flexibility index (Phi) is 3.85. The summed E-state index contributed by atoms with van der Waals surface area (Å²) in [4.78, 5) is 17.6. The van der Waals surface area contributed by atoms with E-state index in [1.54, 1.807) is 12.0 Å². The Balaban J connectivity index is 2.29. The summed E-state index contributed by atoms with van der Waals surface area (Å²) in [5.74, 6) is 0.345. The molecule has 1 atom stereocenters. The van der Waals surface area contributed by atoms with Gasteiger partial charge in [0.2, 0.25) is 0 Å². The van der Waals surface area contributed by atoms with Crippen LogP contribution in [-0.4, -0.2) is 36.0 Å². The van der Waals surface area contributed by atoms with Gasteiger partial charge in [0.15, 0.2) is 0 Å². The first-order valence-corrected chi connectivity index (χ1v) is 6.33. The molecule has 0 fully saturated rings. The van der Waals surface area contributed by atoms with Crippen molar-refractivity contribution in [2.75, 3.05) is 13.7 Å². The number of hydrogen-bond acceptors (Lipinski definition) is 3. The molecule has 1 aromatic carbocycles. The average molecular weight is 261 g/mol. The average Bonchev–Trinajstić information content (AvgIpc) is 2.65. The topological polar surface area (TPSA) is 67.9 Å². The van der Waals surface area contributed by atoms with E-state index in [1.807, 2.05) is 37.3 Å². The molecule has 2 N–H and O–H groups in total. The van der Waals surface area contributed by atoms with Gasteiger partial charge in [-0.1, -0.05) is 37.3 Å². The van der Waals surface area contributed by atoms with E-state index in [2.05, 4.69) is 4.99 Å². The molecule has 0 saturated heterocycles. The first-order chi connectivity index (χ1) is 9.14. The first-order valence-electron chi connectivity index (χ1n) is 6.33. The molecule has 0 bridgehead atoms. The van der Waals surface area contributed by atoms with E-state index in [1.165, 1.54) is 0 Å². The zero-order chi connectivity index (χ0) is 13.9. The van der Waals surface area contributed by atoms with Gasteiger partial charge in [0.05, 0.1) is 6.61 Å². The number of benzene rings is 1. The van der Waals surface area contributed by atoms with Crippen molar-refractivity contribution in [3.63, 3.8) is 0 Å². The van der Waals surface area contributed by atoms with Gasteiger partial charge >= 0.3 is 6.03 Å². The molecule has 1 unspecified atom stereocenters. The zero-order valence-corrected chi connectivity index (χ0v) is 11.3. The molecule has 0 aromatic heterocycles. The maximum absolute atomic E-state index is 12.0. The van der Waals surface area contributed by atoms with Crippen LogP contribution in [0.1, 0.15) is 18.9 Å². The number of nitrogens with two attached hydrogens (primary N) is 1. The lowest BCUT2D eigenvalue weighted by atomic mass is 9.94. The van der Waals surface area contributed by atoms with Crippen molar-refractivity contribution in [3.05, 3.63) is 35.9 Å². The van der Waals surface area contributed by atoms with Crippen molar-refractivity contribution < 1.29 is 9.53 Å². The number of carbonyl (C=O) groups is 1. The Morgan fingerprint density at radius 2 is 2.05 bits per heavy atom. The molecule has 1 heterocycles. The van der Waals surface area contributed by atoms with Gasteiger partial charge in [-0.3, -0.25) is 0 Å². The number of ether oxygens (including phenoxy) is 1. The minimum Gasteiger partial charge on any atom is -0.385 e. The first kappa shape index (κ1) is 13.5. The molecule has 19 heavy (non-hydrogen) atoms. The quantitative estimate of drug-likeness (QED) is 0.878. The Morgan fingerprint density at radius 1 is 1.37 bits per heavy atom.